The van der Waals surface area contributed by atoms with Gasteiger partial charge in [-0.2, -0.15) is 13.2 Å². The quantitative estimate of drug-likeness (QED) is 0.864. The van der Waals surface area contributed by atoms with Gasteiger partial charge in [-0.1, -0.05) is 30.3 Å². The molecule has 0 aliphatic carbocycles. The molecule has 4 heteroatoms. The number of aliphatic hydroxyl groups is 1. The summed E-state index contributed by atoms with van der Waals surface area (Å²) in [6, 6.07) is 10.5. The molecule has 0 heterocycles. The van der Waals surface area contributed by atoms with E-state index < -0.39 is 11.7 Å². The van der Waals surface area contributed by atoms with Crippen LogP contribution < -0.4 is 0 Å². The molecule has 0 spiro atoms. The van der Waals surface area contributed by atoms with Crippen LogP contribution in [-0.2, 0) is 12.8 Å². The van der Waals surface area contributed by atoms with Crippen LogP contribution in [0.15, 0.2) is 42.5 Å². The van der Waals surface area contributed by atoms with Crippen molar-refractivity contribution in [3.8, 4) is 11.1 Å². The average molecular weight is 266 g/mol. The third kappa shape index (κ3) is 2.96. The van der Waals surface area contributed by atoms with Crippen LogP contribution in [0.5, 0.6) is 0 Å². The summed E-state index contributed by atoms with van der Waals surface area (Å²) >= 11 is 0. The van der Waals surface area contributed by atoms with Gasteiger partial charge in [-0.25, -0.2) is 0 Å². The van der Waals surface area contributed by atoms with Crippen molar-refractivity contribution in [1.82, 2.24) is 0 Å². The second-order valence-corrected chi connectivity index (χ2v) is 4.39. The zero-order valence-corrected chi connectivity index (χ0v) is 10.3. The number of alkyl halides is 3. The Morgan fingerprint density at radius 2 is 1.79 bits per heavy atom. The summed E-state index contributed by atoms with van der Waals surface area (Å²) in [5.41, 5.74) is 2.19. The number of aliphatic hydroxyl groups excluding tert-OH is 1. The monoisotopic (exact) mass is 266 g/mol. The highest BCUT2D eigenvalue weighted by atomic mass is 19.4. The zero-order valence-electron chi connectivity index (χ0n) is 10.3. The van der Waals surface area contributed by atoms with Crippen LogP contribution >= 0.6 is 0 Å². The molecule has 0 saturated heterocycles. The molecule has 0 aromatic heterocycles. The molecule has 0 atom stereocenters. The lowest BCUT2D eigenvalue weighted by Gasteiger charge is -2.11. The van der Waals surface area contributed by atoms with Crippen molar-refractivity contribution in [2.75, 3.05) is 0 Å². The van der Waals surface area contributed by atoms with E-state index in [1.54, 1.807) is 24.3 Å². The highest BCUT2D eigenvalue weighted by Gasteiger charge is 2.30. The minimum Gasteiger partial charge on any atom is -0.392 e. The summed E-state index contributed by atoms with van der Waals surface area (Å²) in [6.07, 6.45) is -4.34. The Bertz CT molecular complexity index is 588. The molecule has 0 unspecified atom stereocenters. The Labute approximate surface area is 109 Å². The number of halogens is 3. The molecule has 0 fully saturated rings. The molecule has 2 rings (SSSR count). The Morgan fingerprint density at radius 1 is 1.05 bits per heavy atom. The minimum absolute atomic E-state index is 0.0797. The van der Waals surface area contributed by atoms with Gasteiger partial charge >= 0.3 is 6.18 Å². The van der Waals surface area contributed by atoms with E-state index in [9.17, 15) is 13.2 Å². The Morgan fingerprint density at radius 3 is 2.37 bits per heavy atom. The first-order chi connectivity index (χ1) is 8.91. The number of rotatable bonds is 2. The van der Waals surface area contributed by atoms with Gasteiger partial charge in [-0.3, -0.25) is 0 Å². The van der Waals surface area contributed by atoms with Crippen LogP contribution in [0.4, 0.5) is 13.2 Å². The fourth-order valence-electron chi connectivity index (χ4n) is 2.01. The van der Waals surface area contributed by atoms with E-state index in [4.69, 9.17) is 5.11 Å². The van der Waals surface area contributed by atoms with Gasteiger partial charge in [0, 0.05) is 0 Å². The molecular weight excluding hydrogens is 253 g/mol. The number of hydrogen-bond acceptors (Lipinski definition) is 1. The van der Waals surface area contributed by atoms with E-state index in [0.717, 1.165) is 28.8 Å². The van der Waals surface area contributed by atoms with Crippen LogP contribution in [0.1, 0.15) is 16.7 Å². The van der Waals surface area contributed by atoms with Gasteiger partial charge in [0.05, 0.1) is 12.2 Å². The molecule has 0 aliphatic rings. The van der Waals surface area contributed by atoms with E-state index in [1.807, 2.05) is 6.92 Å². The summed E-state index contributed by atoms with van der Waals surface area (Å²) in [5, 5.41) is 9.03. The standard InChI is InChI=1S/C15H13F3O/c1-10-7-11(9-19)5-6-14(10)12-3-2-4-13(8-12)15(16,17)18/h2-8,19H,9H2,1H3. The predicted molar refractivity (Wildman–Crippen MR) is 67.5 cm³/mol. The Balaban J connectivity index is 2.48. The second-order valence-electron chi connectivity index (χ2n) is 4.39. The van der Waals surface area contributed by atoms with Crippen molar-refractivity contribution in [3.63, 3.8) is 0 Å². The van der Waals surface area contributed by atoms with Crippen molar-refractivity contribution in [3.05, 3.63) is 59.2 Å². The van der Waals surface area contributed by atoms with Crippen LogP contribution in [0.25, 0.3) is 11.1 Å². The molecular formula is C15H13F3O. The Hall–Kier alpha value is -1.81. The molecule has 0 radical (unpaired) electrons. The molecule has 1 nitrogen and oxygen atoms in total. The minimum atomic E-state index is -4.34. The molecule has 19 heavy (non-hydrogen) atoms. The first-order valence-electron chi connectivity index (χ1n) is 5.80. The summed E-state index contributed by atoms with van der Waals surface area (Å²) in [7, 11) is 0. The number of hydrogen-bond donors (Lipinski definition) is 1. The normalized spacial score (nSPS) is 11.6. The highest BCUT2D eigenvalue weighted by molar-refractivity contribution is 5.68. The smallest absolute Gasteiger partial charge is 0.392 e. The molecule has 100 valence electrons. The van der Waals surface area contributed by atoms with Gasteiger partial charge in [0.15, 0.2) is 0 Å². The summed E-state index contributed by atoms with van der Waals surface area (Å²) in [6.45, 7) is 1.73. The van der Waals surface area contributed by atoms with Gasteiger partial charge in [-0.05, 0) is 41.3 Å². The lowest BCUT2D eigenvalue weighted by atomic mass is 9.97. The maximum Gasteiger partial charge on any atom is 0.416 e. The van der Waals surface area contributed by atoms with E-state index in [1.165, 1.54) is 6.07 Å². The summed E-state index contributed by atoms with van der Waals surface area (Å²) in [4.78, 5) is 0. The zero-order chi connectivity index (χ0) is 14.0. The number of aryl methyl sites for hydroxylation is 1. The first kappa shape index (κ1) is 13.6. The van der Waals surface area contributed by atoms with Crippen molar-refractivity contribution in [1.29, 1.82) is 0 Å². The van der Waals surface area contributed by atoms with E-state index in [0.29, 0.717) is 5.56 Å². The summed E-state index contributed by atoms with van der Waals surface area (Å²) in [5.74, 6) is 0. The Kier molecular flexibility index (Phi) is 3.62. The molecule has 2 aromatic carbocycles. The fourth-order valence-corrected chi connectivity index (χ4v) is 2.01. The third-order valence-corrected chi connectivity index (χ3v) is 2.97. The molecule has 1 N–H and O–H groups in total. The van der Waals surface area contributed by atoms with Crippen molar-refractivity contribution in [2.45, 2.75) is 19.7 Å². The largest absolute Gasteiger partial charge is 0.416 e. The molecule has 0 aliphatic heterocycles. The topological polar surface area (TPSA) is 20.2 Å². The number of benzene rings is 2. The predicted octanol–water partition coefficient (Wildman–Crippen LogP) is 4.17. The SMILES string of the molecule is Cc1cc(CO)ccc1-c1cccc(C(F)(F)F)c1. The van der Waals surface area contributed by atoms with Crippen molar-refractivity contribution in [2.24, 2.45) is 0 Å². The van der Waals surface area contributed by atoms with E-state index >= 15 is 0 Å². The van der Waals surface area contributed by atoms with Gasteiger partial charge in [0.25, 0.3) is 0 Å². The maximum absolute atomic E-state index is 12.7. The van der Waals surface area contributed by atoms with Gasteiger partial charge in [0.1, 0.15) is 0 Å². The molecule has 0 saturated carbocycles. The van der Waals surface area contributed by atoms with Gasteiger partial charge in [0.2, 0.25) is 0 Å². The fraction of sp³-hybridized carbons (Fsp3) is 0.200. The maximum atomic E-state index is 12.7. The first-order valence-corrected chi connectivity index (χ1v) is 5.80. The van der Waals surface area contributed by atoms with Crippen molar-refractivity contribution >= 4 is 0 Å². The van der Waals surface area contributed by atoms with Crippen LogP contribution in [0.2, 0.25) is 0 Å². The lowest BCUT2D eigenvalue weighted by Crippen LogP contribution is -2.04. The lowest BCUT2D eigenvalue weighted by molar-refractivity contribution is -0.137. The van der Waals surface area contributed by atoms with E-state index in [-0.39, 0.29) is 6.61 Å². The molecule has 2 aromatic rings. The van der Waals surface area contributed by atoms with Crippen LogP contribution in [-0.4, -0.2) is 5.11 Å². The van der Waals surface area contributed by atoms with Crippen molar-refractivity contribution < 1.29 is 18.3 Å². The average Bonchev–Trinajstić information content (AvgIpc) is 2.37. The summed E-state index contributed by atoms with van der Waals surface area (Å²) < 4.78 is 38.0. The molecule has 0 bridgehead atoms. The second kappa shape index (κ2) is 5.05. The third-order valence-electron chi connectivity index (χ3n) is 2.97. The van der Waals surface area contributed by atoms with E-state index in [2.05, 4.69) is 0 Å². The van der Waals surface area contributed by atoms with Crippen LogP contribution in [0, 0.1) is 6.92 Å². The van der Waals surface area contributed by atoms with Gasteiger partial charge < -0.3 is 5.11 Å². The molecule has 0 amide bonds. The van der Waals surface area contributed by atoms with Crippen LogP contribution in [0.3, 0.4) is 0 Å². The highest BCUT2D eigenvalue weighted by Crippen LogP contribution is 2.33. The van der Waals surface area contributed by atoms with Gasteiger partial charge in [-0.15, -0.1) is 0 Å².